The normalized spacial score (nSPS) is 17.6. The molecule has 0 saturated heterocycles. The van der Waals surface area contributed by atoms with E-state index in [-0.39, 0.29) is 17.2 Å². The molecular formula is C13H30O2Si. The van der Waals surface area contributed by atoms with Gasteiger partial charge in [-0.05, 0) is 30.5 Å². The second-order valence-corrected chi connectivity index (χ2v) is 11.3. The van der Waals surface area contributed by atoms with Crippen LogP contribution < -0.4 is 0 Å². The van der Waals surface area contributed by atoms with Crippen molar-refractivity contribution in [3.05, 3.63) is 0 Å². The van der Waals surface area contributed by atoms with Crippen LogP contribution in [0.25, 0.3) is 0 Å². The van der Waals surface area contributed by atoms with Gasteiger partial charge in [0.25, 0.3) is 0 Å². The Morgan fingerprint density at radius 2 is 1.62 bits per heavy atom. The maximum Gasteiger partial charge on any atom is 0.192 e. The number of aliphatic hydroxyl groups excluding tert-OH is 1. The van der Waals surface area contributed by atoms with E-state index in [0.717, 1.165) is 6.42 Å². The molecule has 2 atom stereocenters. The average Bonchev–Trinajstić information content (AvgIpc) is 2.10. The Bertz CT molecular complexity index is 206. The molecule has 0 rings (SSSR count). The van der Waals surface area contributed by atoms with Crippen LogP contribution in [0.3, 0.4) is 0 Å². The highest BCUT2D eigenvalue weighted by Gasteiger charge is 2.40. The van der Waals surface area contributed by atoms with E-state index in [9.17, 15) is 5.11 Å². The van der Waals surface area contributed by atoms with Gasteiger partial charge in [0.05, 0.1) is 12.2 Å². The lowest BCUT2D eigenvalue weighted by atomic mass is 10.0. The molecule has 0 amide bonds. The zero-order chi connectivity index (χ0) is 13.1. The van der Waals surface area contributed by atoms with E-state index in [1.165, 1.54) is 0 Å². The molecule has 0 unspecified atom stereocenters. The average molecular weight is 246 g/mol. The largest absolute Gasteiger partial charge is 0.411 e. The topological polar surface area (TPSA) is 29.5 Å². The molecule has 98 valence electrons. The number of aliphatic hydroxyl groups is 1. The first kappa shape index (κ1) is 16.1. The van der Waals surface area contributed by atoms with Crippen LogP contribution in [0.4, 0.5) is 0 Å². The fourth-order valence-electron chi connectivity index (χ4n) is 1.41. The molecule has 0 spiro atoms. The van der Waals surface area contributed by atoms with Crippen molar-refractivity contribution in [1.82, 2.24) is 0 Å². The molecule has 0 radical (unpaired) electrons. The molecule has 3 heteroatoms. The Balaban J connectivity index is 4.76. The van der Waals surface area contributed by atoms with E-state index in [2.05, 4.69) is 47.7 Å². The summed E-state index contributed by atoms with van der Waals surface area (Å²) in [6, 6.07) is 0. The minimum Gasteiger partial charge on any atom is -0.411 e. The maximum atomic E-state index is 10.0. The quantitative estimate of drug-likeness (QED) is 0.748. The van der Waals surface area contributed by atoms with Gasteiger partial charge in [-0.25, -0.2) is 0 Å². The zero-order valence-corrected chi connectivity index (χ0v) is 13.3. The van der Waals surface area contributed by atoms with Crippen molar-refractivity contribution in [3.63, 3.8) is 0 Å². The number of hydrogen-bond donors (Lipinski definition) is 1. The van der Waals surface area contributed by atoms with Crippen LogP contribution in [0.1, 0.15) is 48.0 Å². The lowest BCUT2D eigenvalue weighted by Crippen LogP contribution is -2.48. The Hall–Kier alpha value is 0.137. The number of rotatable bonds is 5. The summed E-state index contributed by atoms with van der Waals surface area (Å²) < 4.78 is 6.31. The summed E-state index contributed by atoms with van der Waals surface area (Å²) in [5.41, 5.74) is 0. The molecule has 0 heterocycles. The van der Waals surface area contributed by atoms with Gasteiger partial charge in [0.15, 0.2) is 8.32 Å². The Kier molecular flexibility index (Phi) is 5.70. The van der Waals surface area contributed by atoms with E-state index in [0.29, 0.717) is 5.92 Å². The van der Waals surface area contributed by atoms with Gasteiger partial charge in [0.2, 0.25) is 0 Å². The van der Waals surface area contributed by atoms with Crippen LogP contribution in [0.2, 0.25) is 18.1 Å². The van der Waals surface area contributed by atoms with Crippen molar-refractivity contribution in [2.24, 2.45) is 5.92 Å². The molecule has 0 aliphatic heterocycles. The van der Waals surface area contributed by atoms with Crippen LogP contribution in [0, 0.1) is 5.92 Å². The summed E-state index contributed by atoms with van der Waals surface area (Å²) in [5, 5.41) is 10.2. The van der Waals surface area contributed by atoms with Gasteiger partial charge in [-0.2, -0.15) is 0 Å². The third-order valence-corrected chi connectivity index (χ3v) is 8.17. The summed E-state index contributed by atoms with van der Waals surface area (Å²) in [4.78, 5) is 0. The summed E-state index contributed by atoms with van der Waals surface area (Å²) in [6.07, 6.45) is 0.400. The van der Waals surface area contributed by atoms with Crippen LogP contribution in [0.5, 0.6) is 0 Å². The van der Waals surface area contributed by atoms with Gasteiger partial charge in [0.1, 0.15) is 0 Å². The summed E-state index contributed by atoms with van der Waals surface area (Å²) in [5.74, 6) is 0.365. The van der Waals surface area contributed by atoms with Crippen molar-refractivity contribution >= 4 is 8.32 Å². The summed E-state index contributed by atoms with van der Waals surface area (Å²) >= 11 is 0. The molecule has 2 nitrogen and oxygen atoms in total. The highest BCUT2D eigenvalue weighted by molar-refractivity contribution is 6.74. The van der Waals surface area contributed by atoms with Crippen molar-refractivity contribution in [2.75, 3.05) is 0 Å². The Labute approximate surface area is 103 Å². The highest BCUT2D eigenvalue weighted by atomic mass is 28.4. The molecule has 16 heavy (non-hydrogen) atoms. The van der Waals surface area contributed by atoms with Crippen LogP contribution in [-0.4, -0.2) is 25.6 Å². The zero-order valence-electron chi connectivity index (χ0n) is 12.3. The van der Waals surface area contributed by atoms with Crippen molar-refractivity contribution in [3.8, 4) is 0 Å². The van der Waals surface area contributed by atoms with E-state index < -0.39 is 8.32 Å². The van der Waals surface area contributed by atoms with Crippen molar-refractivity contribution in [2.45, 2.75) is 78.3 Å². The van der Waals surface area contributed by atoms with Crippen LogP contribution in [-0.2, 0) is 4.43 Å². The van der Waals surface area contributed by atoms with Gasteiger partial charge in [-0.3, -0.25) is 0 Å². The summed E-state index contributed by atoms with van der Waals surface area (Å²) in [7, 11) is -1.77. The number of hydrogen-bond acceptors (Lipinski definition) is 2. The molecule has 0 aromatic heterocycles. The molecule has 0 bridgehead atoms. The van der Waals surface area contributed by atoms with Gasteiger partial charge in [-0.15, -0.1) is 0 Å². The first-order valence-electron chi connectivity index (χ1n) is 6.38. The van der Waals surface area contributed by atoms with Gasteiger partial charge < -0.3 is 9.53 Å². The maximum absolute atomic E-state index is 10.0. The molecular weight excluding hydrogens is 216 g/mol. The first-order valence-corrected chi connectivity index (χ1v) is 9.29. The molecule has 0 aliphatic rings. The predicted molar refractivity (Wildman–Crippen MR) is 73.2 cm³/mol. The van der Waals surface area contributed by atoms with Gasteiger partial charge >= 0.3 is 0 Å². The summed E-state index contributed by atoms with van der Waals surface area (Å²) in [6.45, 7) is 17.4. The van der Waals surface area contributed by atoms with E-state index >= 15 is 0 Å². The lowest BCUT2D eigenvalue weighted by Gasteiger charge is -2.41. The molecule has 1 N–H and O–H groups in total. The Morgan fingerprint density at radius 1 is 1.19 bits per heavy atom. The second kappa shape index (κ2) is 5.65. The fraction of sp³-hybridized carbons (Fsp3) is 1.00. The standard InChI is InChI=1S/C13H30O2Si/c1-9-11(14)12(10(2)3)15-16(7,8)13(4,5)6/h10-12,14H,9H2,1-8H3/t11-,12-/m0/s1. The van der Waals surface area contributed by atoms with Crippen LogP contribution >= 0.6 is 0 Å². The highest BCUT2D eigenvalue weighted by Crippen LogP contribution is 2.38. The van der Waals surface area contributed by atoms with Crippen molar-refractivity contribution < 1.29 is 9.53 Å². The van der Waals surface area contributed by atoms with Gasteiger partial charge in [0, 0.05) is 0 Å². The second-order valence-electron chi connectivity index (χ2n) is 6.56. The predicted octanol–water partition coefficient (Wildman–Crippen LogP) is 3.80. The molecule has 0 aliphatic carbocycles. The van der Waals surface area contributed by atoms with E-state index in [1.807, 2.05) is 6.92 Å². The van der Waals surface area contributed by atoms with Crippen molar-refractivity contribution in [1.29, 1.82) is 0 Å². The molecule has 0 fully saturated rings. The minimum atomic E-state index is -1.77. The first-order chi connectivity index (χ1) is 7.03. The minimum absolute atomic E-state index is 0.0223. The SMILES string of the molecule is CC[C@H](O)[C@@H](O[Si](C)(C)C(C)(C)C)C(C)C. The van der Waals surface area contributed by atoms with Gasteiger partial charge in [-0.1, -0.05) is 41.5 Å². The monoisotopic (exact) mass is 246 g/mol. The smallest absolute Gasteiger partial charge is 0.192 e. The van der Waals surface area contributed by atoms with E-state index in [1.54, 1.807) is 0 Å². The molecule has 0 saturated carbocycles. The molecule has 0 aromatic carbocycles. The molecule has 0 aromatic rings. The lowest BCUT2D eigenvalue weighted by molar-refractivity contribution is -0.00112. The Morgan fingerprint density at radius 3 is 1.88 bits per heavy atom. The van der Waals surface area contributed by atoms with Crippen LogP contribution in [0.15, 0.2) is 0 Å². The third-order valence-electron chi connectivity index (χ3n) is 3.69. The van der Waals surface area contributed by atoms with E-state index in [4.69, 9.17) is 4.43 Å². The fourth-order valence-corrected chi connectivity index (χ4v) is 2.87. The third kappa shape index (κ3) is 4.19.